The van der Waals surface area contributed by atoms with E-state index >= 15 is 0 Å². The third kappa shape index (κ3) is 5.19. The van der Waals surface area contributed by atoms with Crippen molar-refractivity contribution >= 4 is 33.5 Å². The normalized spacial score (nSPS) is 19.7. The smallest absolute Gasteiger partial charge is 0.134 e. The Morgan fingerprint density at radius 1 is 0.947 bits per heavy atom. The van der Waals surface area contributed by atoms with Crippen LogP contribution >= 0.6 is 15.9 Å². The summed E-state index contributed by atoms with van der Waals surface area (Å²) < 4.78 is 6.99. The van der Waals surface area contributed by atoms with Crippen LogP contribution in [0.25, 0.3) is 0 Å². The van der Waals surface area contributed by atoms with E-state index in [9.17, 15) is 0 Å². The molecular weight excluding hydrogens is 532 g/mol. The molecule has 0 amide bonds. The molecule has 4 aromatic rings. The molecule has 0 saturated carbocycles. The van der Waals surface area contributed by atoms with Crippen molar-refractivity contribution in [1.29, 1.82) is 0 Å². The summed E-state index contributed by atoms with van der Waals surface area (Å²) in [6.45, 7) is 4.77. The van der Waals surface area contributed by atoms with E-state index in [1.54, 1.807) is 0 Å². The van der Waals surface area contributed by atoms with Gasteiger partial charge in [-0.3, -0.25) is 4.99 Å². The highest BCUT2D eigenvalue weighted by molar-refractivity contribution is 9.10. The van der Waals surface area contributed by atoms with Crippen LogP contribution in [0.4, 0.5) is 11.4 Å². The minimum absolute atomic E-state index is 0.301. The molecule has 3 atom stereocenters. The third-order valence-corrected chi connectivity index (χ3v) is 8.14. The highest BCUT2D eigenvalue weighted by Crippen LogP contribution is 2.49. The molecular formula is C34H31BrN2O. The second-order valence-corrected chi connectivity index (χ2v) is 11.2. The molecule has 1 aliphatic heterocycles. The van der Waals surface area contributed by atoms with Gasteiger partial charge in [0, 0.05) is 17.8 Å². The number of benzene rings is 4. The fourth-order valence-electron chi connectivity index (χ4n) is 5.82. The highest BCUT2D eigenvalue weighted by atomic mass is 79.9. The van der Waals surface area contributed by atoms with Crippen LogP contribution in [0.5, 0.6) is 5.75 Å². The predicted molar refractivity (Wildman–Crippen MR) is 161 cm³/mol. The van der Waals surface area contributed by atoms with Gasteiger partial charge in [-0.2, -0.15) is 0 Å². The Morgan fingerprint density at radius 3 is 2.53 bits per heavy atom. The molecule has 2 aliphatic rings. The lowest BCUT2D eigenvalue weighted by Crippen LogP contribution is -2.28. The van der Waals surface area contributed by atoms with Crippen molar-refractivity contribution in [3.8, 4) is 5.75 Å². The Bertz CT molecular complexity index is 1500. The van der Waals surface area contributed by atoms with Crippen molar-refractivity contribution < 1.29 is 4.74 Å². The van der Waals surface area contributed by atoms with Gasteiger partial charge >= 0.3 is 0 Å². The number of anilines is 1. The summed E-state index contributed by atoms with van der Waals surface area (Å²) in [6.07, 6.45) is 7.73. The van der Waals surface area contributed by atoms with E-state index in [0.717, 1.165) is 27.9 Å². The van der Waals surface area contributed by atoms with Crippen LogP contribution < -0.4 is 10.1 Å². The quantitative estimate of drug-likeness (QED) is 0.187. The van der Waals surface area contributed by atoms with Gasteiger partial charge in [-0.25, -0.2) is 0 Å². The van der Waals surface area contributed by atoms with Gasteiger partial charge in [0.15, 0.2) is 0 Å². The van der Waals surface area contributed by atoms with Crippen LogP contribution in [0.1, 0.15) is 51.8 Å². The molecule has 0 saturated heterocycles. The zero-order chi connectivity index (χ0) is 26.1. The Kier molecular flexibility index (Phi) is 6.90. The Labute approximate surface area is 233 Å². The second kappa shape index (κ2) is 10.6. The van der Waals surface area contributed by atoms with Crippen LogP contribution in [0.2, 0.25) is 0 Å². The minimum Gasteiger partial charge on any atom is -0.488 e. The SMILES string of the molecule is Cc1cc(C)cc(COc2ccc(C=Nc3ccc([C@@H]4Nc5ccccc5[C@@H]5C=CC[C@H]54)cc3)cc2Br)c1. The number of rotatable bonds is 6. The molecule has 0 unspecified atom stereocenters. The molecule has 190 valence electrons. The molecule has 4 aromatic carbocycles. The van der Waals surface area contributed by atoms with E-state index in [1.807, 2.05) is 24.4 Å². The number of halogens is 1. The maximum Gasteiger partial charge on any atom is 0.134 e. The number of hydrogen-bond donors (Lipinski definition) is 1. The Hall–Kier alpha value is -3.63. The van der Waals surface area contributed by atoms with E-state index in [4.69, 9.17) is 9.73 Å². The van der Waals surface area contributed by atoms with Gasteiger partial charge in [0.2, 0.25) is 0 Å². The standard InChI is InChI=1S/C34H31BrN2O/c1-22-16-23(2)18-25(17-22)21-38-33-15-10-24(19-31(33)35)20-36-27-13-11-26(12-14-27)34-30-8-5-7-28(30)29-6-3-4-9-32(29)37-34/h3-7,9-20,28,30,34,37H,8,21H2,1-2H3/t28-,30+,34-/m0/s1. The maximum atomic E-state index is 6.07. The number of para-hydroxylation sites is 1. The summed E-state index contributed by atoms with van der Waals surface area (Å²) in [5.74, 6) is 1.86. The topological polar surface area (TPSA) is 33.6 Å². The average molecular weight is 564 g/mol. The first-order valence-corrected chi connectivity index (χ1v) is 14.0. The molecule has 0 aromatic heterocycles. The van der Waals surface area contributed by atoms with Gasteiger partial charge in [-0.1, -0.05) is 71.8 Å². The van der Waals surface area contributed by atoms with Crippen LogP contribution in [0.15, 0.2) is 107 Å². The van der Waals surface area contributed by atoms with Gasteiger partial charge in [0.05, 0.1) is 16.2 Å². The molecule has 0 radical (unpaired) electrons. The van der Waals surface area contributed by atoms with Crippen LogP contribution in [-0.4, -0.2) is 6.21 Å². The number of aliphatic imine (C=N–C) groups is 1. The summed E-state index contributed by atoms with van der Waals surface area (Å²) in [4.78, 5) is 4.73. The summed E-state index contributed by atoms with van der Waals surface area (Å²) in [6, 6.07) is 30.3. The summed E-state index contributed by atoms with van der Waals surface area (Å²) >= 11 is 3.66. The zero-order valence-corrected chi connectivity index (χ0v) is 23.3. The van der Waals surface area contributed by atoms with Crippen molar-refractivity contribution in [3.05, 3.63) is 135 Å². The van der Waals surface area contributed by atoms with Crippen LogP contribution in [-0.2, 0) is 6.61 Å². The number of nitrogens with one attached hydrogen (secondary N) is 1. The third-order valence-electron chi connectivity index (χ3n) is 7.52. The molecule has 1 N–H and O–H groups in total. The predicted octanol–water partition coefficient (Wildman–Crippen LogP) is 9.22. The van der Waals surface area contributed by atoms with E-state index in [0.29, 0.717) is 24.5 Å². The summed E-state index contributed by atoms with van der Waals surface area (Å²) in [5.41, 5.74) is 9.61. The largest absolute Gasteiger partial charge is 0.488 e. The lowest BCUT2D eigenvalue weighted by molar-refractivity contribution is 0.304. The molecule has 1 heterocycles. The molecule has 0 bridgehead atoms. The zero-order valence-electron chi connectivity index (χ0n) is 21.7. The van der Waals surface area contributed by atoms with E-state index in [1.165, 1.54) is 33.5 Å². The van der Waals surface area contributed by atoms with Gasteiger partial charge in [-0.15, -0.1) is 0 Å². The number of nitrogens with zero attached hydrogens (tertiary/aromatic N) is 1. The van der Waals surface area contributed by atoms with Gasteiger partial charge in [-0.05, 0) is 101 Å². The Morgan fingerprint density at radius 2 is 1.74 bits per heavy atom. The van der Waals surface area contributed by atoms with Gasteiger partial charge < -0.3 is 10.1 Å². The first-order chi connectivity index (χ1) is 18.5. The van der Waals surface area contributed by atoms with Crippen LogP contribution in [0.3, 0.4) is 0 Å². The number of aryl methyl sites for hydroxylation is 2. The first-order valence-electron chi connectivity index (χ1n) is 13.2. The van der Waals surface area contributed by atoms with Crippen LogP contribution in [0, 0.1) is 19.8 Å². The lowest BCUT2D eigenvalue weighted by atomic mass is 9.77. The first kappa shape index (κ1) is 24.7. The molecule has 1 aliphatic carbocycles. The minimum atomic E-state index is 0.301. The number of allylic oxidation sites excluding steroid dienone is 2. The maximum absolute atomic E-state index is 6.07. The molecule has 0 fully saturated rings. The highest BCUT2D eigenvalue weighted by Gasteiger charge is 2.37. The molecule has 6 rings (SSSR count). The van der Waals surface area contributed by atoms with Crippen molar-refractivity contribution in [1.82, 2.24) is 0 Å². The fraction of sp³-hybridized carbons (Fsp3) is 0.206. The Balaban J connectivity index is 1.12. The molecule has 0 spiro atoms. The van der Waals surface area contributed by atoms with Crippen molar-refractivity contribution in [2.45, 2.75) is 38.8 Å². The number of fused-ring (bicyclic) bond motifs is 3. The monoisotopic (exact) mass is 562 g/mol. The van der Waals surface area contributed by atoms with Crippen molar-refractivity contribution in [2.75, 3.05) is 5.32 Å². The second-order valence-electron chi connectivity index (χ2n) is 10.4. The summed E-state index contributed by atoms with van der Waals surface area (Å²) in [5, 5.41) is 3.80. The average Bonchev–Trinajstić information content (AvgIpc) is 3.41. The molecule has 3 nitrogen and oxygen atoms in total. The van der Waals surface area contributed by atoms with E-state index in [2.05, 4.69) is 114 Å². The number of ether oxygens (including phenoxy) is 1. The molecule has 4 heteroatoms. The lowest BCUT2D eigenvalue weighted by Gasteiger charge is -2.37. The van der Waals surface area contributed by atoms with Gasteiger partial charge in [0.25, 0.3) is 0 Å². The van der Waals surface area contributed by atoms with Crippen molar-refractivity contribution in [2.24, 2.45) is 10.9 Å². The van der Waals surface area contributed by atoms with Gasteiger partial charge in [0.1, 0.15) is 12.4 Å². The fourth-order valence-corrected chi connectivity index (χ4v) is 6.33. The van der Waals surface area contributed by atoms with E-state index < -0.39 is 0 Å². The van der Waals surface area contributed by atoms with E-state index in [-0.39, 0.29) is 0 Å². The number of hydrogen-bond acceptors (Lipinski definition) is 3. The summed E-state index contributed by atoms with van der Waals surface area (Å²) in [7, 11) is 0. The van der Waals surface area contributed by atoms with Crippen molar-refractivity contribution in [3.63, 3.8) is 0 Å². The molecule has 38 heavy (non-hydrogen) atoms.